The molecule has 1 heterocycles. The standard InChI is InChI=1S/C17H15BrFN3O2/c1-22-14-5-3-2-4-13(14)21-16(22)9-20-17(23)10-24-15-7-6-11(18)8-12(15)19/h2-8H,9-10H2,1H3,(H,20,23). The number of carbonyl (C=O) groups is 1. The Morgan fingerprint density at radius 3 is 2.88 bits per heavy atom. The minimum atomic E-state index is -0.521. The third-order valence-electron chi connectivity index (χ3n) is 3.58. The first-order valence-corrected chi connectivity index (χ1v) is 8.09. The van der Waals surface area contributed by atoms with Gasteiger partial charge in [-0.1, -0.05) is 28.1 Å². The Hall–Kier alpha value is -2.41. The van der Waals surface area contributed by atoms with Crippen molar-refractivity contribution in [3.8, 4) is 5.75 Å². The number of hydrogen-bond donors (Lipinski definition) is 1. The molecule has 0 radical (unpaired) electrons. The molecule has 0 aliphatic rings. The molecule has 0 saturated heterocycles. The number of hydrogen-bond acceptors (Lipinski definition) is 3. The van der Waals surface area contributed by atoms with E-state index in [9.17, 15) is 9.18 Å². The first-order chi connectivity index (χ1) is 11.5. The molecule has 7 heteroatoms. The summed E-state index contributed by atoms with van der Waals surface area (Å²) in [5.74, 6) is -0.0904. The van der Waals surface area contributed by atoms with Crippen molar-refractivity contribution in [1.29, 1.82) is 0 Å². The van der Waals surface area contributed by atoms with Gasteiger partial charge in [0.1, 0.15) is 5.82 Å². The lowest BCUT2D eigenvalue weighted by atomic mass is 10.3. The number of halogens is 2. The predicted octanol–water partition coefficient (Wildman–Crippen LogP) is 3.17. The minimum absolute atomic E-state index is 0.0380. The maximum Gasteiger partial charge on any atom is 0.258 e. The smallest absolute Gasteiger partial charge is 0.258 e. The Morgan fingerprint density at radius 1 is 1.33 bits per heavy atom. The maximum absolute atomic E-state index is 13.6. The number of nitrogens with zero attached hydrogens (tertiary/aromatic N) is 2. The average molecular weight is 392 g/mol. The third kappa shape index (κ3) is 3.56. The summed E-state index contributed by atoms with van der Waals surface area (Å²) in [6.45, 7) is 0.0126. The number of imidazole rings is 1. The fourth-order valence-electron chi connectivity index (χ4n) is 2.32. The Morgan fingerprint density at radius 2 is 2.12 bits per heavy atom. The Labute approximate surface area is 146 Å². The van der Waals surface area contributed by atoms with E-state index in [2.05, 4.69) is 26.2 Å². The van der Waals surface area contributed by atoms with Gasteiger partial charge in [0.25, 0.3) is 5.91 Å². The van der Waals surface area contributed by atoms with Crippen molar-refractivity contribution in [1.82, 2.24) is 14.9 Å². The van der Waals surface area contributed by atoms with Gasteiger partial charge < -0.3 is 14.6 Å². The van der Waals surface area contributed by atoms with Crippen molar-refractivity contribution in [2.24, 2.45) is 7.05 Å². The van der Waals surface area contributed by atoms with Gasteiger partial charge in [-0.15, -0.1) is 0 Å². The molecule has 1 N–H and O–H groups in total. The van der Waals surface area contributed by atoms with Crippen LogP contribution in [0.5, 0.6) is 5.75 Å². The molecule has 0 unspecified atom stereocenters. The van der Waals surface area contributed by atoms with Gasteiger partial charge in [-0.3, -0.25) is 4.79 Å². The normalized spacial score (nSPS) is 10.8. The highest BCUT2D eigenvalue weighted by molar-refractivity contribution is 9.10. The van der Waals surface area contributed by atoms with Crippen molar-refractivity contribution in [3.63, 3.8) is 0 Å². The van der Waals surface area contributed by atoms with E-state index in [1.54, 1.807) is 6.07 Å². The zero-order valence-electron chi connectivity index (χ0n) is 12.9. The number of ether oxygens (including phenoxy) is 1. The van der Waals surface area contributed by atoms with Crippen molar-refractivity contribution in [2.45, 2.75) is 6.54 Å². The van der Waals surface area contributed by atoms with Crippen LogP contribution in [0.2, 0.25) is 0 Å². The van der Waals surface area contributed by atoms with E-state index in [4.69, 9.17) is 4.74 Å². The molecule has 5 nitrogen and oxygen atoms in total. The molecule has 24 heavy (non-hydrogen) atoms. The number of rotatable bonds is 5. The van der Waals surface area contributed by atoms with Crippen LogP contribution in [0.4, 0.5) is 4.39 Å². The average Bonchev–Trinajstić information content (AvgIpc) is 2.89. The van der Waals surface area contributed by atoms with E-state index in [-0.39, 0.29) is 24.8 Å². The first kappa shape index (κ1) is 16.4. The maximum atomic E-state index is 13.6. The Kier molecular flexibility index (Phi) is 4.80. The van der Waals surface area contributed by atoms with Crippen molar-refractivity contribution in [2.75, 3.05) is 6.61 Å². The lowest BCUT2D eigenvalue weighted by Crippen LogP contribution is -2.29. The fraction of sp³-hybridized carbons (Fsp3) is 0.176. The van der Waals surface area contributed by atoms with E-state index in [1.165, 1.54) is 12.1 Å². The van der Waals surface area contributed by atoms with Crippen LogP contribution in [0.25, 0.3) is 11.0 Å². The highest BCUT2D eigenvalue weighted by atomic mass is 79.9. The number of carbonyl (C=O) groups excluding carboxylic acids is 1. The van der Waals surface area contributed by atoms with Crippen molar-refractivity contribution in [3.05, 3.63) is 58.6 Å². The van der Waals surface area contributed by atoms with Gasteiger partial charge in [-0.05, 0) is 30.3 Å². The summed E-state index contributed by atoms with van der Waals surface area (Å²) in [4.78, 5) is 16.4. The van der Waals surface area contributed by atoms with Gasteiger partial charge in [0, 0.05) is 11.5 Å². The second-order valence-corrected chi connectivity index (χ2v) is 6.13. The number of benzene rings is 2. The van der Waals surface area contributed by atoms with Crippen LogP contribution >= 0.6 is 15.9 Å². The van der Waals surface area contributed by atoms with Gasteiger partial charge in [0.2, 0.25) is 0 Å². The minimum Gasteiger partial charge on any atom is -0.481 e. The Bertz CT molecular complexity index is 895. The second kappa shape index (κ2) is 7.00. The summed E-state index contributed by atoms with van der Waals surface area (Å²) >= 11 is 3.16. The topological polar surface area (TPSA) is 56.2 Å². The first-order valence-electron chi connectivity index (χ1n) is 7.29. The van der Waals surface area contributed by atoms with Crippen LogP contribution in [-0.2, 0) is 18.4 Å². The molecule has 3 aromatic rings. The number of amides is 1. The molecule has 0 saturated carbocycles. The van der Waals surface area contributed by atoms with Crippen LogP contribution in [0.15, 0.2) is 46.9 Å². The van der Waals surface area contributed by atoms with Crippen LogP contribution in [0.3, 0.4) is 0 Å². The summed E-state index contributed by atoms with van der Waals surface area (Å²) in [6, 6.07) is 12.1. The molecule has 124 valence electrons. The van der Waals surface area contributed by atoms with Gasteiger partial charge in [0.15, 0.2) is 18.2 Å². The SMILES string of the molecule is Cn1c(CNC(=O)COc2ccc(Br)cc2F)nc2ccccc21. The van der Waals surface area contributed by atoms with Crippen molar-refractivity contribution < 1.29 is 13.9 Å². The quantitative estimate of drug-likeness (QED) is 0.726. The van der Waals surface area contributed by atoms with E-state index < -0.39 is 5.82 Å². The van der Waals surface area contributed by atoms with Crippen LogP contribution in [0, 0.1) is 5.82 Å². The number of nitrogens with one attached hydrogen (secondary N) is 1. The molecule has 1 amide bonds. The molecule has 0 bridgehead atoms. The van der Waals surface area contributed by atoms with E-state index >= 15 is 0 Å². The van der Waals surface area contributed by atoms with Crippen molar-refractivity contribution >= 4 is 32.9 Å². The van der Waals surface area contributed by atoms with Gasteiger partial charge in [-0.25, -0.2) is 9.37 Å². The number of aryl methyl sites for hydroxylation is 1. The summed E-state index contributed by atoms with van der Waals surface area (Å²) in [5, 5.41) is 2.72. The molecule has 0 spiro atoms. The number of para-hydroxylation sites is 2. The summed E-state index contributed by atoms with van der Waals surface area (Å²) in [7, 11) is 1.89. The predicted molar refractivity (Wildman–Crippen MR) is 92.2 cm³/mol. The molecule has 0 atom stereocenters. The monoisotopic (exact) mass is 391 g/mol. The van der Waals surface area contributed by atoms with Gasteiger partial charge in [0.05, 0.1) is 17.6 Å². The fourth-order valence-corrected chi connectivity index (χ4v) is 2.65. The molecule has 0 fully saturated rings. The molecule has 0 aliphatic heterocycles. The second-order valence-electron chi connectivity index (χ2n) is 5.22. The van der Waals surface area contributed by atoms with Crippen LogP contribution < -0.4 is 10.1 Å². The zero-order valence-corrected chi connectivity index (χ0v) is 14.5. The van der Waals surface area contributed by atoms with Gasteiger partial charge >= 0.3 is 0 Å². The lowest BCUT2D eigenvalue weighted by molar-refractivity contribution is -0.123. The third-order valence-corrected chi connectivity index (χ3v) is 4.07. The van der Waals surface area contributed by atoms with Gasteiger partial charge in [-0.2, -0.15) is 0 Å². The Balaban J connectivity index is 1.58. The molecular formula is C17H15BrFN3O2. The molecular weight excluding hydrogens is 377 g/mol. The highest BCUT2D eigenvalue weighted by Crippen LogP contribution is 2.21. The van der Waals surface area contributed by atoms with E-state index in [0.29, 0.717) is 4.47 Å². The molecule has 3 rings (SSSR count). The molecule has 2 aromatic carbocycles. The summed E-state index contributed by atoms with van der Waals surface area (Å²) < 4.78 is 21.4. The lowest BCUT2D eigenvalue weighted by Gasteiger charge is -2.08. The molecule has 1 aromatic heterocycles. The largest absolute Gasteiger partial charge is 0.481 e. The van der Waals surface area contributed by atoms with Crippen LogP contribution in [-0.4, -0.2) is 22.1 Å². The summed E-state index contributed by atoms with van der Waals surface area (Å²) in [5.41, 5.74) is 1.87. The molecule has 0 aliphatic carbocycles. The summed E-state index contributed by atoms with van der Waals surface area (Å²) in [6.07, 6.45) is 0. The van der Waals surface area contributed by atoms with Crippen LogP contribution in [0.1, 0.15) is 5.82 Å². The highest BCUT2D eigenvalue weighted by Gasteiger charge is 2.10. The zero-order chi connectivity index (χ0) is 17.1. The number of fused-ring (bicyclic) bond motifs is 1. The van der Waals surface area contributed by atoms with E-state index in [0.717, 1.165) is 16.9 Å². The van der Waals surface area contributed by atoms with E-state index in [1.807, 2.05) is 35.9 Å². The number of aromatic nitrogens is 2.